The van der Waals surface area contributed by atoms with Gasteiger partial charge in [0.25, 0.3) is 0 Å². The summed E-state index contributed by atoms with van der Waals surface area (Å²) in [5.74, 6) is 0.872. The van der Waals surface area contributed by atoms with Gasteiger partial charge in [-0.05, 0) is 37.5 Å². The van der Waals surface area contributed by atoms with E-state index in [4.69, 9.17) is 4.52 Å². The van der Waals surface area contributed by atoms with Crippen molar-refractivity contribution < 1.29 is 9.32 Å². The van der Waals surface area contributed by atoms with Gasteiger partial charge in [0.05, 0.1) is 6.04 Å². The molecule has 0 aliphatic carbocycles. The predicted molar refractivity (Wildman–Crippen MR) is 111 cm³/mol. The van der Waals surface area contributed by atoms with Crippen molar-refractivity contribution in [3.8, 4) is 11.4 Å². The number of hydrogen-bond acceptors (Lipinski definition) is 6. The Bertz CT molecular complexity index is 949. The first-order valence-corrected chi connectivity index (χ1v) is 10.1. The van der Waals surface area contributed by atoms with Gasteiger partial charge in [0.1, 0.15) is 5.82 Å². The molecule has 1 fully saturated rings. The molecule has 1 aliphatic heterocycles. The van der Waals surface area contributed by atoms with E-state index in [-0.39, 0.29) is 17.8 Å². The Morgan fingerprint density at radius 3 is 2.62 bits per heavy atom. The van der Waals surface area contributed by atoms with Crippen LogP contribution in [0.4, 0.5) is 5.82 Å². The summed E-state index contributed by atoms with van der Waals surface area (Å²) < 4.78 is 5.22. The van der Waals surface area contributed by atoms with E-state index < -0.39 is 0 Å². The summed E-state index contributed by atoms with van der Waals surface area (Å²) in [5, 5.41) is 6.89. The van der Waals surface area contributed by atoms with E-state index in [1.165, 1.54) is 25.7 Å². The molecule has 29 heavy (non-hydrogen) atoms. The molecule has 1 saturated heterocycles. The quantitative estimate of drug-likeness (QED) is 0.708. The second kappa shape index (κ2) is 8.86. The standard InChI is InChI=1S/C22H25N5O2/c1-16(17-9-5-4-6-10-17)24-21(28)22-25-20(26-29-22)18-11-12-23-19(15-18)27-13-7-2-3-8-14-27/h4-6,9-12,15-16H,2-3,7-8,13-14H2,1H3,(H,24,28). The molecule has 0 radical (unpaired) electrons. The molecule has 7 nitrogen and oxygen atoms in total. The highest BCUT2D eigenvalue weighted by molar-refractivity contribution is 5.90. The third-order valence-corrected chi connectivity index (χ3v) is 5.20. The number of benzene rings is 1. The fraction of sp³-hybridized carbons (Fsp3) is 0.364. The van der Waals surface area contributed by atoms with Crippen LogP contribution < -0.4 is 10.2 Å². The minimum Gasteiger partial charge on any atom is -0.357 e. The number of pyridine rings is 1. The lowest BCUT2D eigenvalue weighted by molar-refractivity contribution is 0.0895. The van der Waals surface area contributed by atoms with Crippen LogP contribution in [0.2, 0.25) is 0 Å². The number of nitrogens with one attached hydrogen (secondary N) is 1. The zero-order chi connectivity index (χ0) is 20.1. The Morgan fingerprint density at radius 1 is 1.10 bits per heavy atom. The summed E-state index contributed by atoms with van der Waals surface area (Å²) in [6.07, 6.45) is 6.64. The van der Waals surface area contributed by atoms with Crippen molar-refractivity contribution in [3.63, 3.8) is 0 Å². The number of amides is 1. The monoisotopic (exact) mass is 391 g/mol. The van der Waals surface area contributed by atoms with Gasteiger partial charge in [0, 0.05) is 24.8 Å². The molecule has 1 aromatic carbocycles. The van der Waals surface area contributed by atoms with Gasteiger partial charge >= 0.3 is 11.8 Å². The molecular weight excluding hydrogens is 366 g/mol. The third-order valence-electron chi connectivity index (χ3n) is 5.20. The van der Waals surface area contributed by atoms with Gasteiger partial charge in [-0.1, -0.05) is 48.3 Å². The molecule has 1 aliphatic rings. The first kappa shape index (κ1) is 19.1. The molecule has 0 spiro atoms. The summed E-state index contributed by atoms with van der Waals surface area (Å²) in [6, 6.07) is 13.4. The summed E-state index contributed by atoms with van der Waals surface area (Å²) in [6.45, 7) is 3.93. The van der Waals surface area contributed by atoms with Crippen LogP contribution in [0.25, 0.3) is 11.4 Å². The first-order chi connectivity index (χ1) is 14.2. The predicted octanol–water partition coefficient (Wildman–Crippen LogP) is 4.00. The van der Waals surface area contributed by atoms with Crippen LogP contribution in [-0.4, -0.2) is 34.1 Å². The summed E-state index contributed by atoms with van der Waals surface area (Å²) >= 11 is 0. The Labute approximate surface area is 170 Å². The van der Waals surface area contributed by atoms with Crippen LogP contribution in [0.5, 0.6) is 0 Å². The van der Waals surface area contributed by atoms with Crippen molar-refractivity contribution in [1.82, 2.24) is 20.4 Å². The minimum absolute atomic E-state index is 0.0454. The highest BCUT2D eigenvalue weighted by atomic mass is 16.5. The van der Waals surface area contributed by atoms with Crippen molar-refractivity contribution in [1.29, 1.82) is 0 Å². The normalized spacial score (nSPS) is 15.6. The Hall–Kier alpha value is -3.22. The zero-order valence-corrected chi connectivity index (χ0v) is 16.5. The second-order valence-corrected chi connectivity index (χ2v) is 7.33. The van der Waals surface area contributed by atoms with E-state index >= 15 is 0 Å². The van der Waals surface area contributed by atoms with Crippen molar-refractivity contribution >= 4 is 11.7 Å². The van der Waals surface area contributed by atoms with Gasteiger partial charge < -0.3 is 14.7 Å². The number of aromatic nitrogens is 3. The highest BCUT2D eigenvalue weighted by Crippen LogP contribution is 2.23. The van der Waals surface area contributed by atoms with E-state index in [0.29, 0.717) is 5.82 Å². The smallest absolute Gasteiger partial charge is 0.316 e. The van der Waals surface area contributed by atoms with E-state index in [1.807, 2.05) is 49.4 Å². The van der Waals surface area contributed by atoms with Crippen molar-refractivity contribution in [2.24, 2.45) is 0 Å². The summed E-state index contributed by atoms with van der Waals surface area (Å²) in [4.78, 5) is 23.6. The molecule has 2 aromatic heterocycles. The SMILES string of the molecule is CC(NC(=O)c1nc(-c2ccnc(N3CCCCCC3)c2)no1)c1ccccc1. The number of carbonyl (C=O) groups excluding carboxylic acids is 1. The van der Waals surface area contributed by atoms with E-state index in [2.05, 4.69) is 25.3 Å². The number of anilines is 1. The maximum Gasteiger partial charge on any atom is 0.316 e. The molecule has 7 heteroatoms. The number of carbonyl (C=O) groups is 1. The molecule has 0 saturated carbocycles. The molecule has 1 unspecified atom stereocenters. The molecule has 3 heterocycles. The van der Waals surface area contributed by atoms with Crippen molar-refractivity contribution in [3.05, 3.63) is 60.1 Å². The average Bonchev–Trinajstić information content (AvgIpc) is 3.10. The Morgan fingerprint density at radius 2 is 1.86 bits per heavy atom. The van der Waals surface area contributed by atoms with Gasteiger partial charge in [-0.25, -0.2) is 4.98 Å². The summed E-state index contributed by atoms with van der Waals surface area (Å²) in [5.41, 5.74) is 1.80. The number of hydrogen-bond donors (Lipinski definition) is 1. The fourth-order valence-corrected chi connectivity index (χ4v) is 3.55. The average molecular weight is 391 g/mol. The Balaban J connectivity index is 1.47. The molecule has 1 amide bonds. The minimum atomic E-state index is -0.387. The number of rotatable bonds is 5. The van der Waals surface area contributed by atoms with Gasteiger partial charge in [-0.2, -0.15) is 4.98 Å². The van der Waals surface area contributed by atoms with Crippen LogP contribution in [0.3, 0.4) is 0 Å². The summed E-state index contributed by atoms with van der Waals surface area (Å²) in [7, 11) is 0. The maximum atomic E-state index is 12.5. The Kier molecular flexibility index (Phi) is 5.84. The number of nitrogens with zero attached hydrogens (tertiary/aromatic N) is 4. The third kappa shape index (κ3) is 4.62. The van der Waals surface area contributed by atoms with E-state index in [0.717, 1.165) is 30.0 Å². The molecule has 3 aromatic rings. The van der Waals surface area contributed by atoms with Crippen LogP contribution in [0.1, 0.15) is 54.9 Å². The van der Waals surface area contributed by atoms with E-state index in [1.54, 1.807) is 6.20 Å². The van der Waals surface area contributed by atoms with Gasteiger partial charge in [-0.3, -0.25) is 4.79 Å². The molecule has 1 N–H and O–H groups in total. The lowest BCUT2D eigenvalue weighted by atomic mass is 10.1. The lowest BCUT2D eigenvalue weighted by Crippen LogP contribution is -2.26. The van der Waals surface area contributed by atoms with Crippen LogP contribution in [0, 0.1) is 0 Å². The maximum absolute atomic E-state index is 12.5. The van der Waals surface area contributed by atoms with Crippen LogP contribution >= 0.6 is 0 Å². The van der Waals surface area contributed by atoms with Gasteiger partial charge in [0.2, 0.25) is 5.82 Å². The highest BCUT2D eigenvalue weighted by Gasteiger charge is 2.19. The lowest BCUT2D eigenvalue weighted by Gasteiger charge is -2.21. The first-order valence-electron chi connectivity index (χ1n) is 10.1. The molecular formula is C22H25N5O2. The van der Waals surface area contributed by atoms with Crippen molar-refractivity contribution in [2.45, 2.75) is 38.6 Å². The second-order valence-electron chi connectivity index (χ2n) is 7.33. The fourth-order valence-electron chi connectivity index (χ4n) is 3.55. The van der Waals surface area contributed by atoms with Crippen molar-refractivity contribution in [2.75, 3.05) is 18.0 Å². The zero-order valence-electron chi connectivity index (χ0n) is 16.5. The van der Waals surface area contributed by atoms with Gasteiger partial charge in [-0.15, -0.1) is 0 Å². The molecule has 0 bridgehead atoms. The topological polar surface area (TPSA) is 84.2 Å². The van der Waals surface area contributed by atoms with Crippen LogP contribution in [0.15, 0.2) is 53.2 Å². The molecule has 150 valence electrons. The molecule has 1 atom stereocenters. The van der Waals surface area contributed by atoms with E-state index in [9.17, 15) is 4.79 Å². The molecule has 4 rings (SSSR count). The van der Waals surface area contributed by atoms with Crippen LogP contribution in [-0.2, 0) is 0 Å². The largest absolute Gasteiger partial charge is 0.357 e. The van der Waals surface area contributed by atoms with Gasteiger partial charge in [0.15, 0.2) is 0 Å².